The van der Waals surface area contributed by atoms with Crippen LogP contribution >= 0.6 is 0 Å². The molecule has 6 heteroatoms. The van der Waals surface area contributed by atoms with E-state index in [1.807, 2.05) is 4.90 Å². The van der Waals surface area contributed by atoms with Gasteiger partial charge in [-0.05, 0) is 69.5 Å². The van der Waals surface area contributed by atoms with Crippen LogP contribution in [0.15, 0.2) is 16.7 Å². The van der Waals surface area contributed by atoms with E-state index < -0.39 is 0 Å². The highest BCUT2D eigenvalue weighted by Crippen LogP contribution is 2.59. The molecule has 1 aromatic rings. The first-order valence-electron chi connectivity index (χ1n) is 9.90. The number of nitrogens with one attached hydrogen (secondary N) is 1. The molecule has 0 radical (unpaired) electrons. The fourth-order valence-electron chi connectivity index (χ4n) is 4.76. The van der Waals surface area contributed by atoms with E-state index in [9.17, 15) is 9.59 Å². The van der Waals surface area contributed by atoms with Crippen molar-refractivity contribution in [1.82, 2.24) is 15.1 Å². The number of piperidine rings is 1. The molecule has 3 fully saturated rings. The van der Waals surface area contributed by atoms with Crippen molar-refractivity contribution >= 4 is 11.8 Å². The molecule has 2 saturated heterocycles. The standard InChI is InChI=1S/C20H29N3O3/c1-15-17(4-11-26-15)19(25)21-13-18(24)23-9-5-20(6-10-23)12-16(20)14-22-7-2-3-8-22/h4,11,16H,2-3,5-10,12-14H2,1H3,(H,21,25). The summed E-state index contributed by atoms with van der Waals surface area (Å²) in [6.45, 7) is 7.27. The van der Waals surface area contributed by atoms with Gasteiger partial charge in [0.05, 0.1) is 18.4 Å². The Hall–Kier alpha value is -1.82. The number of aryl methyl sites for hydroxylation is 1. The third-order valence-corrected chi connectivity index (χ3v) is 6.65. The fraction of sp³-hybridized carbons (Fsp3) is 0.700. The van der Waals surface area contributed by atoms with E-state index in [1.165, 1.54) is 45.2 Å². The summed E-state index contributed by atoms with van der Waals surface area (Å²) in [7, 11) is 0. The largest absolute Gasteiger partial charge is 0.469 e. The van der Waals surface area contributed by atoms with E-state index in [1.54, 1.807) is 13.0 Å². The maximum Gasteiger partial charge on any atom is 0.255 e. The van der Waals surface area contributed by atoms with E-state index in [4.69, 9.17) is 4.42 Å². The summed E-state index contributed by atoms with van der Waals surface area (Å²) in [5, 5.41) is 2.72. The van der Waals surface area contributed by atoms with Gasteiger partial charge in [0.25, 0.3) is 5.91 Å². The van der Waals surface area contributed by atoms with Crippen LogP contribution in [0.2, 0.25) is 0 Å². The highest BCUT2D eigenvalue weighted by Gasteiger charge is 2.55. The van der Waals surface area contributed by atoms with Crippen LogP contribution in [0.25, 0.3) is 0 Å². The Bertz CT molecular complexity index is 670. The molecule has 0 bridgehead atoms. The number of nitrogens with zero attached hydrogens (tertiary/aromatic N) is 2. The minimum atomic E-state index is -0.244. The van der Waals surface area contributed by atoms with E-state index in [2.05, 4.69) is 10.2 Å². The van der Waals surface area contributed by atoms with Gasteiger partial charge in [-0.2, -0.15) is 0 Å². The van der Waals surface area contributed by atoms with Gasteiger partial charge in [-0.25, -0.2) is 0 Å². The number of furan rings is 1. The van der Waals surface area contributed by atoms with E-state index in [-0.39, 0.29) is 18.4 Å². The highest BCUT2D eigenvalue weighted by molar-refractivity contribution is 5.97. The van der Waals surface area contributed by atoms with E-state index in [0.29, 0.717) is 16.7 Å². The molecule has 3 aliphatic rings. The van der Waals surface area contributed by atoms with Crippen molar-refractivity contribution in [2.75, 3.05) is 39.3 Å². The molecule has 1 aliphatic carbocycles. The van der Waals surface area contributed by atoms with Gasteiger partial charge in [0.15, 0.2) is 0 Å². The van der Waals surface area contributed by atoms with Gasteiger partial charge in [0.1, 0.15) is 5.76 Å². The molecule has 1 atom stereocenters. The summed E-state index contributed by atoms with van der Waals surface area (Å²) in [6.07, 6.45) is 7.77. The topological polar surface area (TPSA) is 65.8 Å². The summed E-state index contributed by atoms with van der Waals surface area (Å²) >= 11 is 0. The third kappa shape index (κ3) is 3.52. The van der Waals surface area contributed by atoms with Gasteiger partial charge in [0.2, 0.25) is 5.91 Å². The van der Waals surface area contributed by atoms with Gasteiger partial charge >= 0.3 is 0 Å². The van der Waals surface area contributed by atoms with Gasteiger partial charge in [0, 0.05) is 19.6 Å². The number of hydrogen-bond acceptors (Lipinski definition) is 4. The molecule has 1 aromatic heterocycles. The van der Waals surface area contributed by atoms with Crippen LogP contribution in [0.5, 0.6) is 0 Å². The number of hydrogen-bond donors (Lipinski definition) is 1. The Kier molecular flexibility index (Phi) is 4.78. The molecule has 2 aliphatic heterocycles. The average molecular weight is 359 g/mol. The van der Waals surface area contributed by atoms with Crippen LogP contribution < -0.4 is 5.32 Å². The molecule has 1 saturated carbocycles. The zero-order valence-corrected chi connectivity index (χ0v) is 15.6. The zero-order chi connectivity index (χ0) is 18.1. The zero-order valence-electron chi connectivity index (χ0n) is 15.6. The molecule has 6 nitrogen and oxygen atoms in total. The molecule has 1 unspecified atom stereocenters. The lowest BCUT2D eigenvalue weighted by Crippen LogP contribution is -2.45. The Balaban J connectivity index is 1.20. The molecule has 142 valence electrons. The first-order valence-corrected chi connectivity index (χ1v) is 9.90. The first-order chi connectivity index (χ1) is 12.6. The van der Waals surface area contributed by atoms with Crippen molar-refractivity contribution < 1.29 is 14.0 Å². The lowest BCUT2D eigenvalue weighted by molar-refractivity contribution is -0.131. The van der Waals surface area contributed by atoms with Gasteiger partial charge in [-0.15, -0.1) is 0 Å². The van der Waals surface area contributed by atoms with Gasteiger partial charge in [-0.3, -0.25) is 9.59 Å². The summed E-state index contributed by atoms with van der Waals surface area (Å²) in [4.78, 5) is 29.0. The highest BCUT2D eigenvalue weighted by atomic mass is 16.3. The van der Waals surface area contributed by atoms with Crippen molar-refractivity contribution in [3.05, 3.63) is 23.7 Å². The van der Waals surface area contributed by atoms with Crippen LogP contribution in [0.3, 0.4) is 0 Å². The number of rotatable bonds is 5. The Labute approximate surface area is 154 Å². The summed E-state index contributed by atoms with van der Waals surface area (Å²) < 4.78 is 5.14. The van der Waals surface area contributed by atoms with Crippen molar-refractivity contribution in [2.45, 2.75) is 39.0 Å². The molecule has 1 spiro atoms. The second-order valence-electron chi connectivity index (χ2n) is 8.23. The average Bonchev–Trinajstić information content (AvgIpc) is 3.02. The number of carbonyl (C=O) groups is 2. The number of carbonyl (C=O) groups excluding carboxylic acids is 2. The number of amides is 2. The number of likely N-dealkylation sites (tertiary alicyclic amines) is 2. The van der Waals surface area contributed by atoms with Crippen molar-refractivity contribution in [3.63, 3.8) is 0 Å². The molecular formula is C20H29N3O3. The summed E-state index contributed by atoms with van der Waals surface area (Å²) in [5.41, 5.74) is 0.995. The molecule has 3 heterocycles. The SMILES string of the molecule is Cc1occc1C(=O)NCC(=O)N1CCC2(CC1)CC2CN1CCCC1. The third-order valence-electron chi connectivity index (χ3n) is 6.65. The molecule has 4 rings (SSSR count). The minimum Gasteiger partial charge on any atom is -0.469 e. The van der Waals surface area contributed by atoms with Crippen LogP contribution in [-0.4, -0.2) is 60.9 Å². The quantitative estimate of drug-likeness (QED) is 0.874. The van der Waals surface area contributed by atoms with Crippen molar-refractivity contribution in [2.24, 2.45) is 11.3 Å². The monoisotopic (exact) mass is 359 g/mol. The molecule has 2 amide bonds. The van der Waals surface area contributed by atoms with Crippen molar-refractivity contribution in [1.29, 1.82) is 0 Å². The normalized spacial score (nSPS) is 24.8. The first kappa shape index (κ1) is 17.6. The Morgan fingerprint density at radius 3 is 2.62 bits per heavy atom. The van der Waals surface area contributed by atoms with Gasteiger partial charge < -0.3 is 19.5 Å². The van der Waals surface area contributed by atoms with Crippen molar-refractivity contribution in [3.8, 4) is 0 Å². The second kappa shape index (κ2) is 7.06. The van der Waals surface area contributed by atoms with Crippen LogP contribution in [0, 0.1) is 18.3 Å². The lowest BCUT2D eigenvalue weighted by Gasteiger charge is -2.33. The van der Waals surface area contributed by atoms with Crippen LogP contribution in [-0.2, 0) is 4.79 Å². The predicted molar refractivity (Wildman–Crippen MR) is 97.8 cm³/mol. The second-order valence-corrected chi connectivity index (χ2v) is 8.23. The minimum absolute atomic E-state index is 0.0195. The summed E-state index contributed by atoms with van der Waals surface area (Å²) in [6, 6.07) is 1.63. The molecule has 26 heavy (non-hydrogen) atoms. The lowest BCUT2D eigenvalue weighted by atomic mass is 9.90. The maximum atomic E-state index is 12.4. The van der Waals surface area contributed by atoms with Crippen LogP contribution in [0.4, 0.5) is 0 Å². The summed E-state index contributed by atoms with van der Waals surface area (Å²) in [5.74, 6) is 1.19. The smallest absolute Gasteiger partial charge is 0.255 e. The molecular weight excluding hydrogens is 330 g/mol. The van der Waals surface area contributed by atoms with Gasteiger partial charge in [-0.1, -0.05) is 0 Å². The fourth-order valence-corrected chi connectivity index (χ4v) is 4.76. The van der Waals surface area contributed by atoms with Crippen LogP contribution in [0.1, 0.15) is 48.2 Å². The molecule has 0 aromatic carbocycles. The molecule has 1 N–H and O–H groups in total. The Morgan fingerprint density at radius 1 is 1.23 bits per heavy atom. The Morgan fingerprint density at radius 2 is 1.96 bits per heavy atom. The predicted octanol–water partition coefficient (Wildman–Crippen LogP) is 2.04. The maximum absolute atomic E-state index is 12.4. The van der Waals surface area contributed by atoms with E-state index in [0.717, 1.165) is 31.8 Å². The van der Waals surface area contributed by atoms with E-state index >= 15 is 0 Å².